The van der Waals surface area contributed by atoms with Crippen molar-refractivity contribution in [3.63, 3.8) is 0 Å². The highest BCUT2D eigenvalue weighted by Crippen LogP contribution is 2.35. The second kappa shape index (κ2) is 8.51. The summed E-state index contributed by atoms with van der Waals surface area (Å²) in [6.45, 7) is 0.255. The molecule has 2 aliphatic rings. The standard InChI is InChI=1S/C18H20N4O5S/c23-15(20-17(24)19-11-5-1-2-6-11)10-28-18-22-21-16(27-18)14-9-25-12-7-3-4-8-13(12)26-14/h3-4,7-8,11,14H,1-2,5-6,9-10H2,(H2,19,20,23,24)/t14-/m0/s1. The minimum absolute atomic E-state index is 0.00935. The minimum atomic E-state index is -0.511. The molecule has 148 valence electrons. The molecule has 1 aromatic heterocycles. The molecular formula is C18H20N4O5S. The number of aromatic nitrogens is 2. The number of benzene rings is 1. The van der Waals surface area contributed by atoms with Crippen molar-refractivity contribution in [2.24, 2.45) is 0 Å². The third-order valence-electron chi connectivity index (χ3n) is 4.48. The Kier molecular flexibility index (Phi) is 5.65. The van der Waals surface area contributed by atoms with Crippen LogP contribution in [0, 0.1) is 0 Å². The lowest BCUT2D eigenvalue weighted by Gasteiger charge is -2.23. The molecule has 10 heteroatoms. The molecular weight excluding hydrogens is 384 g/mol. The number of fused-ring (bicyclic) bond motifs is 1. The van der Waals surface area contributed by atoms with Gasteiger partial charge in [0.1, 0.15) is 6.61 Å². The fourth-order valence-electron chi connectivity index (χ4n) is 3.13. The first-order chi connectivity index (χ1) is 13.7. The van der Waals surface area contributed by atoms with E-state index >= 15 is 0 Å². The maximum absolute atomic E-state index is 11.9. The topological polar surface area (TPSA) is 116 Å². The summed E-state index contributed by atoms with van der Waals surface area (Å²) in [6.07, 6.45) is 3.62. The van der Waals surface area contributed by atoms with Crippen molar-refractivity contribution in [2.75, 3.05) is 12.4 Å². The molecule has 2 aromatic rings. The number of nitrogens with zero attached hydrogens (tertiary/aromatic N) is 2. The van der Waals surface area contributed by atoms with Gasteiger partial charge in [0.25, 0.3) is 11.1 Å². The monoisotopic (exact) mass is 404 g/mol. The predicted octanol–water partition coefficient (Wildman–Crippen LogP) is 2.44. The number of para-hydroxylation sites is 2. The van der Waals surface area contributed by atoms with Gasteiger partial charge in [0.15, 0.2) is 11.5 Å². The molecule has 0 unspecified atom stereocenters. The largest absolute Gasteiger partial charge is 0.485 e. The lowest BCUT2D eigenvalue weighted by atomic mass is 10.2. The van der Waals surface area contributed by atoms with Gasteiger partial charge in [-0.2, -0.15) is 0 Å². The Morgan fingerprint density at radius 3 is 2.75 bits per heavy atom. The molecule has 2 heterocycles. The van der Waals surface area contributed by atoms with Crippen LogP contribution in [-0.2, 0) is 4.79 Å². The van der Waals surface area contributed by atoms with Crippen LogP contribution in [0.1, 0.15) is 37.7 Å². The Morgan fingerprint density at radius 2 is 1.93 bits per heavy atom. The highest BCUT2D eigenvalue weighted by molar-refractivity contribution is 7.99. The van der Waals surface area contributed by atoms with E-state index < -0.39 is 18.0 Å². The van der Waals surface area contributed by atoms with Crippen molar-refractivity contribution in [2.45, 2.75) is 43.1 Å². The van der Waals surface area contributed by atoms with E-state index in [-0.39, 0.29) is 29.5 Å². The van der Waals surface area contributed by atoms with Gasteiger partial charge in [0.05, 0.1) is 5.75 Å². The van der Waals surface area contributed by atoms with Crippen LogP contribution in [0.3, 0.4) is 0 Å². The van der Waals surface area contributed by atoms with Crippen molar-refractivity contribution < 1.29 is 23.5 Å². The third-order valence-corrected chi connectivity index (χ3v) is 5.29. The smallest absolute Gasteiger partial charge is 0.321 e. The summed E-state index contributed by atoms with van der Waals surface area (Å²) >= 11 is 1.06. The second-order valence-corrected chi connectivity index (χ2v) is 7.49. The van der Waals surface area contributed by atoms with Crippen LogP contribution in [0.4, 0.5) is 4.79 Å². The molecule has 1 fully saturated rings. The molecule has 1 saturated carbocycles. The molecule has 0 saturated heterocycles. The number of imide groups is 1. The SMILES string of the molecule is O=C(CSc1nnc([C@@H]2COc3ccccc3O2)o1)NC(=O)NC1CCCC1. The molecule has 0 radical (unpaired) electrons. The summed E-state index contributed by atoms with van der Waals surface area (Å²) in [5.41, 5.74) is 0. The van der Waals surface area contributed by atoms with Gasteiger partial charge < -0.3 is 19.2 Å². The highest BCUT2D eigenvalue weighted by atomic mass is 32.2. The zero-order valence-electron chi connectivity index (χ0n) is 15.1. The number of rotatable bonds is 5. The second-order valence-electron chi connectivity index (χ2n) is 6.56. The van der Waals surface area contributed by atoms with Crippen molar-refractivity contribution in [3.8, 4) is 11.5 Å². The number of ether oxygens (including phenoxy) is 2. The summed E-state index contributed by atoms with van der Waals surface area (Å²) < 4.78 is 17.0. The first kappa shape index (κ1) is 18.6. The molecule has 9 nitrogen and oxygen atoms in total. The number of hydrogen-bond acceptors (Lipinski definition) is 8. The predicted molar refractivity (Wildman–Crippen MR) is 99.3 cm³/mol. The summed E-state index contributed by atoms with van der Waals surface area (Å²) in [4.78, 5) is 23.7. The maximum Gasteiger partial charge on any atom is 0.321 e. The zero-order chi connectivity index (χ0) is 19.3. The molecule has 3 amide bonds. The highest BCUT2D eigenvalue weighted by Gasteiger charge is 2.27. The number of urea groups is 1. The van der Waals surface area contributed by atoms with E-state index in [0.717, 1.165) is 37.4 Å². The Hall–Kier alpha value is -2.75. The number of carbonyl (C=O) groups excluding carboxylic acids is 2. The molecule has 1 aliphatic heterocycles. The summed E-state index contributed by atoms with van der Waals surface area (Å²) in [6, 6.07) is 7.03. The molecule has 0 bridgehead atoms. The number of nitrogens with one attached hydrogen (secondary N) is 2. The van der Waals surface area contributed by atoms with Gasteiger partial charge in [-0.3, -0.25) is 10.1 Å². The molecule has 4 rings (SSSR count). The van der Waals surface area contributed by atoms with Crippen molar-refractivity contribution in [1.29, 1.82) is 0 Å². The lowest BCUT2D eigenvalue weighted by Crippen LogP contribution is -2.44. The number of amides is 3. The fourth-order valence-corrected chi connectivity index (χ4v) is 3.70. The van der Waals surface area contributed by atoms with E-state index in [1.54, 1.807) is 6.07 Å². The van der Waals surface area contributed by atoms with E-state index in [9.17, 15) is 9.59 Å². The zero-order valence-corrected chi connectivity index (χ0v) is 15.9. The van der Waals surface area contributed by atoms with Gasteiger partial charge >= 0.3 is 6.03 Å². The van der Waals surface area contributed by atoms with E-state index in [2.05, 4.69) is 20.8 Å². The summed E-state index contributed by atoms with van der Waals surface area (Å²) in [5.74, 6) is 1.12. The van der Waals surface area contributed by atoms with Crippen molar-refractivity contribution in [3.05, 3.63) is 30.2 Å². The first-order valence-electron chi connectivity index (χ1n) is 9.12. The number of carbonyl (C=O) groups is 2. The van der Waals surface area contributed by atoms with Crippen LogP contribution >= 0.6 is 11.8 Å². The molecule has 2 N–H and O–H groups in total. The van der Waals surface area contributed by atoms with Crippen LogP contribution in [0.5, 0.6) is 11.5 Å². The Labute approximate surface area is 165 Å². The normalized spacial score (nSPS) is 18.6. The molecule has 1 aliphatic carbocycles. The van der Waals surface area contributed by atoms with Gasteiger partial charge in [0, 0.05) is 6.04 Å². The average molecular weight is 404 g/mol. The van der Waals surface area contributed by atoms with E-state index in [1.165, 1.54) is 0 Å². The van der Waals surface area contributed by atoms with Crippen LogP contribution in [0.15, 0.2) is 33.9 Å². The lowest BCUT2D eigenvalue weighted by molar-refractivity contribution is -0.117. The van der Waals surface area contributed by atoms with Crippen LogP contribution in [0.2, 0.25) is 0 Å². The minimum Gasteiger partial charge on any atom is -0.485 e. The van der Waals surface area contributed by atoms with Crippen molar-refractivity contribution >= 4 is 23.7 Å². The van der Waals surface area contributed by atoms with Gasteiger partial charge in [-0.05, 0) is 25.0 Å². The number of hydrogen-bond donors (Lipinski definition) is 2. The summed E-state index contributed by atoms with van der Waals surface area (Å²) in [7, 11) is 0. The molecule has 28 heavy (non-hydrogen) atoms. The van der Waals surface area contributed by atoms with Crippen LogP contribution in [-0.4, -0.2) is 40.5 Å². The third kappa shape index (κ3) is 4.56. The molecule has 1 atom stereocenters. The Balaban J connectivity index is 1.25. The fraction of sp³-hybridized carbons (Fsp3) is 0.444. The van der Waals surface area contributed by atoms with Gasteiger partial charge in [-0.1, -0.05) is 36.7 Å². The number of thioether (sulfide) groups is 1. The maximum atomic E-state index is 11.9. The Bertz CT molecular complexity index is 852. The first-order valence-corrected chi connectivity index (χ1v) is 10.1. The van der Waals surface area contributed by atoms with E-state index in [0.29, 0.717) is 11.5 Å². The van der Waals surface area contributed by atoms with E-state index in [4.69, 9.17) is 13.9 Å². The summed E-state index contributed by atoms with van der Waals surface area (Å²) in [5, 5.41) is 13.2. The van der Waals surface area contributed by atoms with Gasteiger partial charge in [-0.15, -0.1) is 10.2 Å². The van der Waals surface area contributed by atoms with E-state index in [1.807, 2.05) is 18.2 Å². The van der Waals surface area contributed by atoms with Gasteiger partial charge in [-0.25, -0.2) is 4.79 Å². The molecule has 0 spiro atoms. The Morgan fingerprint density at radius 1 is 1.14 bits per heavy atom. The quantitative estimate of drug-likeness (QED) is 0.730. The van der Waals surface area contributed by atoms with Gasteiger partial charge in [0.2, 0.25) is 12.0 Å². The van der Waals surface area contributed by atoms with Crippen LogP contribution < -0.4 is 20.1 Å². The van der Waals surface area contributed by atoms with Crippen molar-refractivity contribution in [1.82, 2.24) is 20.8 Å². The molecule has 1 aromatic carbocycles. The average Bonchev–Trinajstić information content (AvgIpc) is 3.38. The van der Waals surface area contributed by atoms with Crippen LogP contribution in [0.25, 0.3) is 0 Å².